The predicted octanol–water partition coefficient (Wildman–Crippen LogP) is 4.57. The number of aryl methyl sites for hydroxylation is 1. The first-order chi connectivity index (χ1) is 13.7. The van der Waals surface area contributed by atoms with Gasteiger partial charge in [0.1, 0.15) is 0 Å². The van der Waals surface area contributed by atoms with Gasteiger partial charge in [-0.25, -0.2) is 4.98 Å². The van der Waals surface area contributed by atoms with Crippen LogP contribution < -0.4 is 9.62 Å². The molecule has 1 aromatic carbocycles. The van der Waals surface area contributed by atoms with E-state index >= 15 is 0 Å². The van der Waals surface area contributed by atoms with Crippen molar-refractivity contribution in [2.75, 3.05) is 49.0 Å². The molecule has 0 spiro atoms. The van der Waals surface area contributed by atoms with Crippen molar-refractivity contribution in [1.29, 1.82) is 0 Å². The average molecular weight is 463 g/mol. The number of morpholine rings is 1. The van der Waals surface area contributed by atoms with Crippen molar-refractivity contribution in [1.82, 2.24) is 9.88 Å². The Morgan fingerprint density at radius 3 is 2.54 bits per heavy atom. The molecule has 0 unspecified atom stereocenters. The lowest BCUT2D eigenvalue weighted by atomic mass is 10.0. The van der Waals surface area contributed by atoms with E-state index in [-0.39, 0.29) is 0 Å². The largest absolute Gasteiger partial charge is 0.379 e. The lowest BCUT2D eigenvalue weighted by Gasteiger charge is -2.40. The van der Waals surface area contributed by atoms with Crippen molar-refractivity contribution in [2.24, 2.45) is 0 Å². The molecule has 1 aromatic heterocycles. The van der Waals surface area contributed by atoms with Crippen LogP contribution in [0.25, 0.3) is 0 Å². The standard InChI is InChI=1S/C21H27BrN4OS/c1-16-2-4-19(5-3-16)28-24-20-14-17(22)15-23-21(20)26-8-6-18(7-9-26)25-10-12-27-13-11-25/h2-5,14-15,18,24H,6-13H2,1H3. The van der Waals surface area contributed by atoms with Crippen molar-refractivity contribution in [2.45, 2.75) is 30.7 Å². The fourth-order valence-electron chi connectivity index (χ4n) is 3.86. The highest BCUT2D eigenvalue weighted by Gasteiger charge is 2.27. The Morgan fingerprint density at radius 2 is 1.82 bits per heavy atom. The number of anilines is 2. The number of benzene rings is 1. The highest BCUT2D eigenvalue weighted by atomic mass is 79.9. The van der Waals surface area contributed by atoms with Gasteiger partial charge < -0.3 is 14.4 Å². The molecule has 0 amide bonds. The number of hydrogen-bond acceptors (Lipinski definition) is 6. The zero-order valence-electron chi connectivity index (χ0n) is 16.2. The maximum absolute atomic E-state index is 5.50. The van der Waals surface area contributed by atoms with E-state index < -0.39 is 0 Å². The number of pyridine rings is 1. The molecule has 0 radical (unpaired) electrons. The quantitative estimate of drug-likeness (QED) is 0.656. The Bertz CT molecular complexity index is 774. The molecular weight excluding hydrogens is 436 g/mol. The van der Waals surface area contributed by atoms with E-state index in [2.05, 4.69) is 67.7 Å². The van der Waals surface area contributed by atoms with Crippen molar-refractivity contribution in [3.63, 3.8) is 0 Å². The molecule has 2 fully saturated rings. The summed E-state index contributed by atoms with van der Waals surface area (Å²) < 4.78 is 10.0. The molecule has 3 heterocycles. The summed E-state index contributed by atoms with van der Waals surface area (Å²) >= 11 is 5.20. The van der Waals surface area contributed by atoms with Gasteiger partial charge in [0, 0.05) is 47.8 Å². The van der Waals surface area contributed by atoms with Gasteiger partial charge in [0.05, 0.1) is 18.9 Å². The number of rotatable bonds is 5. The lowest BCUT2D eigenvalue weighted by Crippen LogP contribution is -2.49. The molecule has 0 saturated carbocycles. The van der Waals surface area contributed by atoms with E-state index in [1.54, 1.807) is 11.9 Å². The first-order valence-corrected chi connectivity index (χ1v) is 11.5. The Balaban J connectivity index is 1.41. The molecule has 0 aliphatic carbocycles. The smallest absolute Gasteiger partial charge is 0.152 e. The number of ether oxygens (including phenoxy) is 1. The molecule has 2 saturated heterocycles. The van der Waals surface area contributed by atoms with Gasteiger partial charge in [-0.15, -0.1) is 0 Å². The maximum atomic E-state index is 5.50. The predicted molar refractivity (Wildman–Crippen MR) is 120 cm³/mol. The minimum atomic E-state index is 0.675. The van der Waals surface area contributed by atoms with Crippen LogP contribution in [-0.2, 0) is 4.74 Å². The number of halogens is 1. The van der Waals surface area contributed by atoms with Crippen molar-refractivity contribution in [3.05, 3.63) is 46.6 Å². The number of nitrogens with one attached hydrogen (secondary N) is 1. The molecule has 1 N–H and O–H groups in total. The summed E-state index contributed by atoms with van der Waals surface area (Å²) in [6, 6.07) is 11.4. The third kappa shape index (κ3) is 5.00. The van der Waals surface area contributed by atoms with E-state index in [4.69, 9.17) is 9.72 Å². The van der Waals surface area contributed by atoms with E-state index in [1.165, 1.54) is 23.3 Å². The van der Waals surface area contributed by atoms with Crippen LogP contribution in [0.3, 0.4) is 0 Å². The molecule has 150 valence electrons. The molecule has 2 aliphatic heterocycles. The molecule has 28 heavy (non-hydrogen) atoms. The summed E-state index contributed by atoms with van der Waals surface area (Å²) in [4.78, 5) is 10.9. The first kappa shape index (κ1) is 20.0. The molecule has 5 nitrogen and oxygen atoms in total. The Hall–Kier alpha value is -1.28. The summed E-state index contributed by atoms with van der Waals surface area (Å²) in [5.74, 6) is 1.04. The Morgan fingerprint density at radius 1 is 1.11 bits per heavy atom. The summed E-state index contributed by atoms with van der Waals surface area (Å²) in [5.41, 5.74) is 2.34. The van der Waals surface area contributed by atoms with Gasteiger partial charge in [-0.2, -0.15) is 0 Å². The SMILES string of the molecule is Cc1ccc(SNc2cc(Br)cnc2N2CCC(N3CCOCC3)CC2)cc1. The van der Waals surface area contributed by atoms with Crippen molar-refractivity contribution in [3.8, 4) is 0 Å². The van der Waals surface area contributed by atoms with Gasteiger partial charge in [0.15, 0.2) is 5.82 Å². The second-order valence-electron chi connectivity index (χ2n) is 7.41. The third-order valence-corrected chi connectivity index (χ3v) is 6.72. The summed E-state index contributed by atoms with van der Waals surface area (Å²) in [6.07, 6.45) is 4.26. The van der Waals surface area contributed by atoms with Gasteiger partial charge in [0.2, 0.25) is 0 Å². The van der Waals surface area contributed by atoms with E-state index in [9.17, 15) is 0 Å². The second-order valence-corrected chi connectivity index (χ2v) is 9.20. The first-order valence-electron chi connectivity index (χ1n) is 9.91. The highest BCUT2D eigenvalue weighted by Crippen LogP contribution is 2.33. The monoisotopic (exact) mass is 462 g/mol. The average Bonchev–Trinajstić information content (AvgIpc) is 2.74. The van der Waals surface area contributed by atoms with E-state index in [0.717, 1.165) is 55.4 Å². The summed E-state index contributed by atoms with van der Waals surface area (Å²) in [5, 5.41) is 0. The van der Waals surface area contributed by atoms with Crippen LogP contribution in [0.1, 0.15) is 18.4 Å². The number of hydrogen-bond donors (Lipinski definition) is 1. The zero-order chi connectivity index (χ0) is 19.3. The zero-order valence-corrected chi connectivity index (χ0v) is 18.6. The molecule has 2 aliphatic rings. The highest BCUT2D eigenvalue weighted by molar-refractivity contribution is 9.10. The van der Waals surface area contributed by atoms with Crippen LogP contribution in [-0.4, -0.2) is 55.3 Å². The van der Waals surface area contributed by atoms with Gasteiger partial charge in [0.25, 0.3) is 0 Å². The van der Waals surface area contributed by atoms with Gasteiger partial charge in [-0.05, 0) is 65.8 Å². The van der Waals surface area contributed by atoms with Crippen LogP contribution in [0.4, 0.5) is 11.5 Å². The minimum absolute atomic E-state index is 0.675. The van der Waals surface area contributed by atoms with Crippen LogP contribution in [0.5, 0.6) is 0 Å². The van der Waals surface area contributed by atoms with E-state index in [1.807, 2.05) is 6.20 Å². The number of nitrogens with zero attached hydrogens (tertiary/aromatic N) is 3. The summed E-state index contributed by atoms with van der Waals surface area (Å²) in [6.45, 7) is 8.08. The molecule has 0 atom stereocenters. The molecule has 7 heteroatoms. The van der Waals surface area contributed by atoms with Gasteiger partial charge in [-0.3, -0.25) is 4.90 Å². The second kappa shape index (κ2) is 9.48. The minimum Gasteiger partial charge on any atom is -0.379 e. The van der Waals surface area contributed by atoms with Crippen LogP contribution >= 0.6 is 27.9 Å². The fraction of sp³-hybridized carbons (Fsp3) is 0.476. The lowest BCUT2D eigenvalue weighted by molar-refractivity contribution is 0.0115. The fourth-order valence-corrected chi connectivity index (χ4v) is 4.85. The molecule has 4 rings (SSSR count). The number of piperidine rings is 1. The van der Waals surface area contributed by atoms with Crippen molar-refractivity contribution < 1.29 is 4.74 Å². The van der Waals surface area contributed by atoms with Gasteiger partial charge in [-0.1, -0.05) is 17.7 Å². The van der Waals surface area contributed by atoms with E-state index in [0.29, 0.717) is 6.04 Å². The summed E-state index contributed by atoms with van der Waals surface area (Å²) in [7, 11) is 0. The Kier molecular flexibility index (Phi) is 6.77. The van der Waals surface area contributed by atoms with Crippen molar-refractivity contribution >= 4 is 39.4 Å². The number of aromatic nitrogens is 1. The van der Waals surface area contributed by atoms with Crippen LogP contribution in [0.2, 0.25) is 0 Å². The van der Waals surface area contributed by atoms with Gasteiger partial charge >= 0.3 is 0 Å². The van der Waals surface area contributed by atoms with Crippen LogP contribution in [0.15, 0.2) is 45.9 Å². The molecule has 2 aromatic rings. The maximum Gasteiger partial charge on any atom is 0.152 e. The third-order valence-electron chi connectivity index (χ3n) is 5.46. The molecule has 0 bridgehead atoms. The topological polar surface area (TPSA) is 40.6 Å². The van der Waals surface area contributed by atoms with Crippen LogP contribution in [0, 0.1) is 6.92 Å². The Labute approximate surface area is 180 Å². The molecular formula is C21H27BrN4OS. The normalized spacial score (nSPS) is 19.0.